The Hall–Kier alpha value is -1.82. The first-order valence-electron chi connectivity index (χ1n) is 6.85. The summed E-state index contributed by atoms with van der Waals surface area (Å²) < 4.78 is 5.24. The number of non-ortho nitro benzene ring substituents is 1. The van der Waals surface area contributed by atoms with Crippen LogP contribution >= 0.6 is 0 Å². The monoisotopic (exact) mass is 279 g/mol. The Morgan fingerprint density at radius 3 is 2.75 bits per heavy atom. The van der Waals surface area contributed by atoms with E-state index in [1.165, 1.54) is 12.1 Å². The number of rotatable bonds is 5. The summed E-state index contributed by atoms with van der Waals surface area (Å²) >= 11 is 0. The third-order valence-corrected chi connectivity index (χ3v) is 3.81. The third-order valence-electron chi connectivity index (χ3n) is 3.81. The minimum Gasteiger partial charge on any atom is -0.495 e. The van der Waals surface area contributed by atoms with Crippen molar-refractivity contribution in [3.05, 3.63) is 28.3 Å². The highest BCUT2D eigenvalue weighted by atomic mass is 16.6. The van der Waals surface area contributed by atoms with Gasteiger partial charge in [0.25, 0.3) is 5.69 Å². The summed E-state index contributed by atoms with van der Waals surface area (Å²) in [6.45, 7) is 3.04. The molecule has 6 heteroatoms. The minimum atomic E-state index is -0.389. The van der Waals surface area contributed by atoms with Gasteiger partial charge >= 0.3 is 0 Å². The SMILES string of the molecule is COc1ccc([N+](=O)[O-])cc1NCC1CCN(C)CC1. The van der Waals surface area contributed by atoms with Gasteiger partial charge in [0.15, 0.2) is 0 Å². The predicted octanol–water partition coefficient (Wildman–Crippen LogP) is 2.36. The largest absolute Gasteiger partial charge is 0.495 e. The van der Waals surface area contributed by atoms with Crippen LogP contribution in [-0.4, -0.2) is 43.6 Å². The van der Waals surface area contributed by atoms with E-state index in [4.69, 9.17) is 4.74 Å². The molecule has 0 spiro atoms. The number of hydrogen-bond acceptors (Lipinski definition) is 5. The van der Waals surface area contributed by atoms with Crippen LogP contribution in [0.3, 0.4) is 0 Å². The normalized spacial score (nSPS) is 16.9. The first-order chi connectivity index (χ1) is 9.60. The summed E-state index contributed by atoms with van der Waals surface area (Å²) in [4.78, 5) is 12.8. The molecular formula is C14H21N3O3. The number of hydrogen-bond donors (Lipinski definition) is 1. The second-order valence-electron chi connectivity index (χ2n) is 5.27. The molecule has 0 aromatic heterocycles. The molecule has 0 radical (unpaired) electrons. The molecule has 1 aliphatic rings. The summed E-state index contributed by atoms with van der Waals surface area (Å²) in [5, 5.41) is 14.1. The molecule has 1 N–H and O–H groups in total. The van der Waals surface area contributed by atoms with Gasteiger partial charge in [0.05, 0.1) is 17.7 Å². The van der Waals surface area contributed by atoms with Crippen LogP contribution in [0.25, 0.3) is 0 Å². The van der Waals surface area contributed by atoms with Crippen molar-refractivity contribution >= 4 is 11.4 Å². The molecule has 20 heavy (non-hydrogen) atoms. The summed E-state index contributed by atoms with van der Waals surface area (Å²) in [7, 11) is 3.70. The third kappa shape index (κ3) is 3.60. The van der Waals surface area contributed by atoms with E-state index in [0.717, 1.165) is 32.5 Å². The Kier molecular flexibility index (Phi) is 4.79. The molecule has 0 unspecified atom stereocenters. The molecule has 110 valence electrons. The van der Waals surface area contributed by atoms with E-state index < -0.39 is 0 Å². The number of methoxy groups -OCH3 is 1. The van der Waals surface area contributed by atoms with Crippen molar-refractivity contribution in [1.29, 1.82) is 0 Å². The van der Waals surface area contributed by atoms with E-state index in [2.05, 4.69) is 17.3 Å². The van der Waals surface area contributed by atoms with Crippen molar-refractivity contribution < 1.29 is 9.66 Å². The zero-order valence-corrected chi connectivity index (χ0v) is 12.0. The maximum absolute atomic E-state index is 10.8. The number of likely N-dealkylation sites (tertiary alicyclic amines) is 1. The van der Waals surface area contributed by atoms with Gasteiger partial charge in [-0.25, -0.2) is 0 Å². The predicted molar refractivity (Wildman–Crippen MR) is 78.4 cm³/mol. The molecule has 0 saturated carbocycles. The van der Waals surface area contributed by atoms with Crippen molar-refractivity contribution in [2.75, 3.05) is 39.1 Å². The van der Waals surface area contributed by atoms with Gasteiger partial charge in [0.1, 0.15) is 5.75 Å². The van der Waals surface area contributed by atoms with Gasteiger partial charge in [0.2, 0.25) is 0 Å². The molecule has 2 rings (SSSR count). The van der Waals surface area contributed by atoms with Crippen molar-refractivity contribution in [2.24, 2.45) is 5.92 Å². The number of nitro groups is 1. The number of nitrogens with zero attached hydrogens (tertiary/aromatic N) is 2. The minimum absolute atomic E-state index is 0.0803. The zero-order valence-electron chi connectivity index (χ0n) is 12.0. The Morgan fingerprint density at radius 2 is 2.15 bits per heavy atom. The molecule has 6 nitrogen and oxygen atoms in total. The number of nitrogens with one attached hydrogen (secondary N) is 1. The Labute approximate surface area is 118 Å². The van der Waals surface area contributed by atoms with E-state index in [1.807, 2.05) is 0 Å². The molecule has 0 amide bonds. The first-order valence-corrected chi connectivity index (χ1v) is 6.85. The second-order valence-corrected chi connectivity index (χ2v) is 5.27. The van der Waals surface area contributed by atoms with Crippen LogP contribution in [0.5, 0.6) is 5.75 Å². The Balaban J connectivity index is 2.00. The van der Waals surface area contributed by atoms with Gasteiger partial charge in [-0.1, -0.05) is 0 Å². The number of piperidine rings is 1. The second kappa shape index (κ2) is 6.56. The number of anilines is 1. The molecule has 0 atom stereocenters. The maximum atomic E-state index is 10.8. The highest BCUT2D eigenvalue weighted by Crippen LogP contribution is 2.29. The number of benzene rings is 1. The van der Waals surface area contributed by atoms with Crippen molar-refractivity contribution in [3.63, 3.8) is 0 Å². The average molecular weight is 279 g/mol. The van der Waals surface area contributed by atoms with E-state index in [0.29, 0.717) is 17.4 Å². The smallest absolute Gasteiger partial charge is 0.271 e. The lowest BCUT2D eigenvalue weighted by Crippen LogP contribution is -2.33. The van der Waals surface area contributed by atoms with Gasteiger partial charge in [-0.05, 0) is 45.0 Å². The van der Waals surface area contributed by atoms with Gasteiger partial charge in [0, 0.05) is 18.7 Å². The average Bonchev–Trinajstić information content (AvgIpc) is 2.46. The number of ether oxygens (including phenoxy) is 1. The van der Waals surface area contributed by atoms with Crippen molar-refractivity contribution in [1.82, 2.24) is 4.90 Å². The van der Waals surface area contributed by atoms with Crippen LogP contribution in [-0.2, 0) is 0 Å². The lowest BCUT2D eigenvalue weighted by Gasteiger charge is -2.29. The standard InChI is InChI=1S/C14H21N3O3/c1-16-7-5-11(6-8-16)10-15-13-9-12(17(18)19)3-4-14(13)20-2/h3-4,9,11,15H,5-8,10H2,1-2H3. The van der Waals surface area contributed by atoms with E-state index >= 15 is 0 Å². The molecule has 0 aliphatic carbocycles. The van der Waals surface area contributed by atoms with Crippen LogP contribution < -0.4 is 10.1 Å². The molecule has 1 fully saturated rings. The molecule has 1 aliphatic heterocycles. The van der Waals surface area contributed by atoms with Crippen LogP contribution in [0.2, 0.25) is 0 Å². The molecule has 1 aromatic carbocycles. The topological polar surface area (TPSA) is 67.6 Å². The maximum Gasteiger partial charge on any atom is 0.271 e. The van der Waals surface area contributed by atoms with Crippen LogP contribution in [0.1, 0.15) is 12.8 Å². The fraction of sp³-hybridized carbons (Fsp3) is 0.571. The van der Waals surface area contributed by atoms with Gasteiger partial charge in [-0.15, -0.1) is 0 Å². The number of nitro benzene ring substituents is 1. The van der Waals surface area contributed by atoms with Crippen molar-refractivity contribution in [3.8, 4) is 5.75 Å². The summed E-state index contributed by atoms with van der Waals surface area (Å²) in [5.41, 5.74) is 0.775. The first kappa shape index (κ1) is 14.6. The highest BCUT2D eigenvalue weighted by Gasteiger charge is 2.17. The van der Waals surface area contributed by atoms with Gasteiger partial charge in [-0.2, -0.15) is 0 Å². The quantitative estimate of drug-likeness (QED) is 0.662. The summed E-state index contributed by atoms with van der Waals surface area (Å²) in [6, 6.07) is 4.63. The summed E-state index contributed by atoms with van der Waals surface area (Å²) in [5.74, 6) is 1.25. The molecule has 1 saturated heterocycles. The fourth-order valence-corrected chi connectivity index (χ4v) is 2.47. The van der Waals surface area contributed by atoms with E-state index in [1.54, 1.807) is 13.2 Å². The lowest BCUT2D eigenvalue weighted by atomic mass is 9.97. The van der Waals surface area contributed by atoms with Gasteiger partial charge in [-0.3, -0.25) is 10.1 Å². The summed E-state index contributed by atoms with van der Waals surface area (Å²) in [6.07, 6.45) is 2.31. The van der Waals surface area contributed by atoms with Crippen LogP contribution in [0, 0.1) is 16.0 Å². The highest BCUT2D eigenvalue weighted by molar-refractivity contribution is 5.61. The van der Waals surface area contributed by atoms with E-state index in [-0.39, 0.29) is 10.6 Å². The van der Waals surface area contributed by atoms with Crippen molar-refractivity contribution in [2.45, 2.75) is 12.8 Å². The van der Waals surface area contributed by atoms with Crippen LogP contribution in [0.4, 0.5) is 11.4 Å². The van der Waals surface area contributed by atoms with E-state index in [9.17, 15) is 10.1 Å². The Morgan fingerprint density at radius 1 is 1.45 bits per heavy atom. The van der Waals surface area contributed by atoms with Gasteiger partial charge < -0.3 is 15.0 Å². The molecular weight excluding hydrogens is 258 g/mol. The molecule has 0 bridgehead atoms. The Bertz CT molecular complexity index is 471. The molecule has 1 heterocycles. The fourth-order valence-electron chi connectivity index (χ4n) is 2.47. The van der Waals surface area contributed by atoms with Crippen LogP contribution in [0.15, 0.2) is 18.2 Å². The lowest BCUT2D eigenvalue weighted by molar-refractivity contribution is -0.384. The zero-order chi connectivity index (χ0) is 14.5. The molecule has 1 aromatic rings.